The zero-order chi connectivity index (χ0) is 12.2. The average Bonchev–Trinajstić information content (AvgIpc) is 2.30. The predicted octanol–water partition coefficient (Wildman–Crippen LogP) is 1.06. The number of hydrogen-bond donors (Lipinski definition) is 1. The molecule has 1 heterocycles. The third kappa shape index (κ3) is 2.61. The first-order valence-corrected chi connectivity index (χ1v) is 5.55. The minimum Gasteiger partial charge on any atom is -0.355 e. The normalized spacial score (nSPS) is 25.3. The summed E-state index contributed by atoms with van der Waals surface area (Å²) < 4.78 is 0. The molecule has 1 aliphatic rings. The van der Waals surface area contributed by atoms with E-state index in [0.717, 1.165) is 6.42 Å². The van der Waals surface area contributed by atoms with Gasteiger partial charge in [0.15, 0.2) is 0 Å². The van der Waals surface area contributed by atoms with Crippen LogP contribution in [0.4, 0.5) is 0 Å². The monoisotopic (exact) mass is 221 g/mol. The van der Waals surface area contributed by atoms with E-state index in [1.165, 1.54) is 0 Å². The van der Waals surface area contributed by atoms with Crippen LogP contribution in [0.2, 0.25) is 0 Å². The highest BCUT2D eigenvalue weighted by Crippen LogP contribution is 2.25. The zero-order valence-corrected chi connectivity index (χ0v) is 9.99. The maximum absolute atomic E-state index is 11.8. The molecule has 1 N–H and O–H groups in total. The van der Waals surface area contributed by atoms with Crippen molar-refractivity contribution in [3.63, 3.8) is 0 Å². The summed E-state index contributed by atoms with van der Waals surface area (Å²) in [6.07, 6.45) is 2.89. The summed E-state index contributed by atoms with van der Waals surface area (Å²) in [5.74, 6) is -0.0472. The SMILES string of the molecule is C=CCN1C(CC#N)C(=O)NCCC1(C)C. The van der Waals surface area contributed by atoms with Gasteiger partial charge >= 0.3 is 0 Å². The van der Waals surface area contributed by atoms with Gasteiger partial charge in [0, 0.05) is 18.6 Å². The topological polar surface area (TPSA) is 56.1 Å². The summed E-state index contributed by atoms with van der Waals surface area (Å²) >= 11 is 0. The Balaban J connectivity index is 2.99. The van der Waals surface area contributed by atoms with Gasteiger partial charge in [-0.3, -0.25) is 9.69 Å². The van der Waals surface area contributed by atoms with Crippen LogP contribution in [0, 0.1) is 11.3 Å². The summed E-state index contributed by atoms with van der Waals surface area (Å²) in [4.78, 5) is 13.9. The molecule has 1 saturated heterocycles. The Kier molecular flexibility index (Phi) is 4.08. The molecule has 88 valence electrons. The fourth-order valence-corrected chi connectivity index (χ4v) is 2.12. The fraction of sp³-hybridized carbons (Fsp3) is 0.667. The molecular formula is C12H19N3O. The van der Waals surface area contributed by atoms with Crippen LogP contribution < -0.4 is 5.32 Å². The average molecular weight is 221 g/mol. The largest absolute Gasteiger partial charge is 0.355 e. The van der Waals surface area contributed by atoms with E-state index < -0.39 is 0 Å². The first-order valence-electron chi connectivity index (χ1n) is 5.55. The second-order valence-electron chi connectivity index (χ2n) is 4.67. The molecule has 4 heteroatoms. The zero-order valence-electron chi connectivity index (χ0n) is 9.99. The van der Waals surface area contributed by atoms with E-state index in [-0.39, 0.29) is 23.9 Å². The van der Waals surface area contributed by atoms with Crippen molar-refractivity contribution in [2.75, 3.05) is 13.1 Å². The minimum atomic E-state index is -0.361. The molecule has 1 fully saturated rings. The Morgan fingerprint density at radius 2 is 2.44 bits per heavy atom. The Morgan fingerprint density at radius 3 is 3.00 bits per heavy atom. The van der Waals surface area contributed by atoms with Crippen LogP contribution in [0.15, 0.2) is 12.7 Å². The lowest BCUT2D eigenvalue weighted by molar-refractivity contribution is -0.126. The minimum absolute atomic E-state index is 0.0472. The van der Waals surface area contributed by atoms with Gasteiger partial charge in [-0.25, -0.2) is 0 Å². The molecule has 16 heavy (non-hydrogen) atoms. The van der Waals surface area contributed by atoms with Crippen molar-refractivity contribution in [2.24, 2.45) is 0 Å². The van der Waals surface area contributed by atoms with Gasteiger partial charge in [0.05, 0.1) is 12.5 Å². The molecule has 0 spiro atoms. The molecule has 0 bridgehead atoms. The van der Waals surface area contributed by atoms with E-state index in [1.54, 1.807) is 6.08 Å². The van der Waals surface area contributed by atoms with Gasteiger partial charge in [-0.05, 0) is 20.3 Å². The Morgan fingerprint density at radius 1 is 1.75 bits per heavy atom. The first kappa shape index (κ1) is 12.7. The molecule has 0 aromatic rings. The van der Waals surface area contributed by atoms with E-state index in [4.69, 9.17) is 5.26 Å². The number of amides is 1. The molecule has 1 atom stereocenters. The second kappa shape index (κ2) is 5.13. The van der Waals surface area contributed by atoms with Crippen molar-refractivity contribution in [1.29, 1.82) is 5.26 Å². The van der Waals surface area contributed by atoms with Crippen molar-refractivity contribution in [3.8, 4) is 6.07 Å². The van der Waals surface area contributed by atoms with E-state index in [0.29, 0.717) is 13.1 Å². The molecule has 1 aliphatic heterocycles. The van der Waals surface area contributed by atoms with Crippen LogP contribution in [0.1, 0.15) is 26.7 Å². The number of nitrogens with zero attached hydrogens (tertiary/aromatic N) is 2. The molecule has 0 saturated carbocycles. The molecule has 0 radical (unpaired) electrons. The van der Waals surface area contributed by atoms with Gasteiger partial charge in [0.25, 0.3) is 0 Å². The summed E-state index contributed by atoms with van der Waals surface area (Å²) in [6, 6.07) is 1.72. The van der Waals surface area contributed by atoms with Crippen molar-refractivity contribution >= 4 is 5.91 Å². The number of rotatable bonds is 3. The van der Waals surface area contributed by atoms with Gasteiger partial charge in [-0.2, -0.15) is 5.26 Å². The van der Waals surface area contributed by atoms with Crippen LogP contribution in [0.5, 0.6) is 0 Å². The molecule has 0 aromatic heterocycles. The summed E-state index contributed by atoms with van der Waals surface area (Å²) in [7, 11) is 0. The van der Waals surface area contributed by atoms with E-state index in [2.05, 4.69) is 36.7 Å². The van der Waals surface area contributed by atoms with Gasteiger partial charge in [-0.15, -0.1) is 6.58 Å². The van der Waals surface area contributed by atoms with Crippen LogP contribution in [0.3, 0.4) is 0 Å². The molecule has 4 nitrogen and oxygen atoms in total. The molecule has 1 amide bonds. The maximum atomic E-state index is 11.8. The number of carbonyl (C=O) groups is 1. The number of hydrogen-bond acceptors (Lipinski definition) is 3. The Hall–Kier alpha value is -1.34. The van der Waals surface area contributed by atoms with Crippen molar-refractivity contribution in [1.82, 2.24) is 10.2 Å². The fourth-order valence-electron chi connectivity index (χ4n) is 2.12. The lowest BCUT2D eigenvalue weighted by Gasteiger charge is -2.39. The molecule has 1 rings (SSSR count). The first-order chi connectivity index (χ1) is 7.53. The smallest absolute Gasteiger partial charge is 0.238 e. The lowest BCUT2D eigenvalue weighted by atomic mass is 9.96. The van der Waals surface area contributed by atoms with Crippen LogP contribution in [0.25, 0.3) is 0 Å². The van der Waals surface area contributed by atoms with Crippen molar-refractivity contribution in [2.45, 2.75) is 38.3 Å². The van der Waals surface area contributed by atoms with E-state index >= 15 is 0 Å². The third-order valence-corrected chi connectivity index (χ3v) is 3.10. The third-order valence-electron chi connectivity index (χ3n) is 3.10. The van der Waals surface area contributed by atoms with Gasteiger partial charge in [0.1, 0.15) is 6.04 Å². The van der Waals surface area contributed by atoms with E-state index in [9.17, 15) is 4.79 Å². The highest BCUT2D eigenvalue weighted by atomic mass is 16.2. The molecule has 0 aliphatic carbocycles. The van der Waals surface area contributed by atoms with E-state index in [1.807, 2.05) is 0 Å². The number of nitrogens with one attached hydrogen (secondary N) is 1. The predicted molar refractivity (Wildman–Crippen MR) is 62.6 cm³/mol. The van der Waals surface area contributed by atoms with Crippen molar-refractivity contribution in [3.05, 3.63) is 12.7 Å². The molecule has 1 unspecified atom stereocenters. The molecule has 0 aromatic carbocycles. The standard InChI is InChI=1S/C12H19N3O/c1-4-9-15-10(5-7-13)11(16)14-8-6-12(15,2)3/h4,10H,1,5-6,8-9H2,2-3H3,(H,14,16). The highest BCUT2D eigenvalue weighted by Gasteiger charge is 2.37. The Labute approximate surface area is 96.9 Å². The highest BCUT2D eigenvalue weighted by molar-refractivity contribution is 5.82. The summed E-state index contributed by atoms with van der Waals surface area (Å²) in [5.41, 5.74) is -0.0884. The van der Waals surface area contributed by atoms with Crippen LogP contribution in [-0.2, 0) is 4.79 Å². The van der Waals surface area contributed by atoms with Crippen molar-refractivity contribution < 1.29 is 4.79 Å². The summed E-state index contributed by atoms with van der Waals surface area (Å²) in [6.45, 7) is 9.21. The van der Waals surface area contributed by atoms with Gasteiger partial charge in [0.2, 0.25) is 5.91 Å². The Bertz CT molecular complexity index is 317. The number of nitriles is 1. The quantitative estimate of drug-likeness (QED) is 0.725. The van der Waals surface area contributed by atoms with Gasteiger partial charge < -0.3 is 5.32 Å². The summed E-state index contributed by atoms with van der Waals surface area (Å²) in [5, 5.41) is 11.7. The van der Waals surface area contributed by atoms with Crippen LogP contribution in [-0.4, -0.2) is 35.5 Å². The van der Waals surface area contributed by atoms with Crippen LogP contribution >= 0.6 is 0 Å². The van der Waals surface area contributed by atoms with Gasteiger partial charge in [-0.1, -0.05) is 6.08 Å². The lowest BCUT2D eigenvalue weighted by Crippen LogP contribution is -2.52. The number of carbonyl (C=O) groups excluding carboxylic acids is 1. The maximum Gasteiger partial charge on any atom is 0.238 e. The second-order valence-corrected chi connectivity index (χ2v) is 4.67. The molecular weight excluding hydrogens is 202 g/mol.